The second kappa shape index (κ2) is 2.59. The lowest BCUT2D eigenvalue weighted by Crippen LogP contribution is -2.21. The smallest absolute Gasteiger partial charge is 0.140 e. The zero-order valence-electron chi connectivity index (χ0n) is 8.36. The van der Waals surface area contributed by atoms with Crippen molar-refractivity contribution in [2.24, 2.45) is 35.5 Å². The molecule has 0 aromatic rings. The number of carbonyl (C=O) groups excluding carboxylic acids is 1. The van der Waals surface area contributed by atoms with E-state index in [1.165, 1.54) is 0 Å². The van der Waals surface area contributed by atoms with E-state index in [-0.39, 0.29) is 0 Å². The van der Waals surface area contributed by atoms with E-state index in [1.807, 2.05) is 6.08 Å². The number of carbonyl (C=O) groups is 1. The highest BCUT2D eigenvalue weighted by Crippen LogP contribution is 2.64. The topological polar surface area (TPSA) is 17.1 Å². The van der Waals surface area contributed by atoms with Crippen molar-refractivity contribution in [2.75, 3.05) is 0 Å². The molecular formula is C13H16O. The SMILES string of the molecule is C=C[C@@H]1C[C@H](C=C)[C@H]2C(=O)[C@@H]3C[C@@H]3[C@H]21. The van der Waals surface area contributed by atoms with E-state index in [0.29, 0.717) is 41.3 Å². The average molecular weight is 188 g/mol. The van der Waals surface area contributed by atoms with Gasteiger partial charge in [-0.1, -0.05) is 12.2 Å². The predicted molar refractivity (Wildman–Crippen MR) is 55.6 cm³/mol. The van der Waals surface area contributed by atoms with Gasteiger partial charge >= 0.3 is 0 Å². The molecule has 0 radical (unpaired) electrons. The summed E-state index contributed by atoms with van der Waals surface area (Å²) in [7, 11) is 0. The van der Waals surface area contributed by atoms with Crippen LogP contribution in [-0.4, -0.2) is 5.78 Å². The van der Waals surface area contributed by atoms with Crippen LogP contribution in [0.1, 0.15) is 12.8 Å². The Morgan fingerprint density at radius 1 is 1.14 bits per heavy atom. The Morgan fingerprint density at radius 3 is 2.50 bits per heavy atom. The molecular weight excluding hydrogens is 172 g/mol. The van der Waals surface area contributed by atoms with Crippen molar-refractivity contribution in [1.82, 2.24) is 0 Å². The van der Waals surface area contributed by atoms with Crippen LogP contribution < -0.4 is 0 Å². The maximum atomic E-state index is 12.0. The Kier molecular flexibility index (Phi) is 1.56. The van der Waals surface area contributed by atoms with Gasteiger partial charge in [0.25, 0.3) is 0 Å². The highest BCUT2D eigenvalue weighted by atomic mass is 16.1. The molecule has 1 nitrogen and oxygen atoms in total. The van der Waals surface area contributed by atoms with E-state index < -0.39 is 0 Å². The van der Waals surface area contributed by atoms with Crippen LogP contribution in [0.15, 0.2) is 25.3 Å². The molecule has 3 fully saturated rings. The molecule has 3 aliphatic rings. The first-order valence-electron chi connectivity index (χ1n) is 5.56. The van der Waals surface area contributed by atoms with E-state index in [1.54, 1.807) is 0 Å². The normalized spacial score (nSPS) is 53.9. The molecule has 0 bridgehead atoms. The van der Waals surface area contributed by atoms with Gasteiger partial charge in [-0.2, -0.15) is 0 Å². The lowest BCUT2D eigenvalue weighted by molar-refractivity contribution is -0.123. The molecule has 0 aromatic carbocycles. The second-order valence-corrected chi connectivity index (χ2v) is 5.05. The third-order valence-corrected chi connectivity index (χ3v) is 4.55. The fourth-order valence-electron chi connectivity index (χ4n) is 3.86. The van der Waals surface area contributed by atoms with E-state index in [2.05, 4.69) is 19.2 Å². The summed E-state index contributed by atoms with van der Waals surface area (Å²) >= 11 is 0. The maximum absolute atomic E-state index is 12.0. The maximum Gasteiger partial charge on any atom is 0.140 e. The molecule has 0 saturated heterocycles. The molecule has 3 rings (SSSR count). The third kappa shape index (κ3) is 0.832. The van der Waals surface area contributed by atoms with Crippen LogP contribution in [0.4, 0.5) is 0 Å². The van der Waals surface area contributed by atoms with E-state index in [0.717, 1.165) is 12.8 Å². The zero-order valence-corrected chi connectivity index (χ0v) is 8.36. The number of rotatable bonds is 2. The van der Waals surface area contributed by atoms with Gasteiger partial charge in [-0.3, -0.25) is 4.79 Å². The Balaban J connectivity index is 1.96. The fraction of sp³-hybridized carbons (Fsp3) is 0.615. The standard InChI is InChI=1S/C13H16O/c1-3-7-5-8(4-2)12-11(7)9-6-10(9)13(12)14/h3-4,7-12H,1-2,5-6H2/t7-,8+,9+,10-,11-,12-/m1/s1. The predicted octanol–water partition coefficient (Wildman–Crippen LogP) is 2.45. The number of ketones is 1. The molecule has 14 heavy (non-hydrogen) atoms. The summed E-state index contributed by atoms with van der Waals surface area (Å²) in [6.07, 6.45) is 6.32. The lowest BCUT2D eigenvalue weighted by atomic mass is 9.85. The van der Waals surface area contributed by atoms with Gasteiger partial charge in [0.05, 0.1) is 0 Å². The van der Waals surface area contributed by atoms with Gasteiger partial charge in [-0.15, -0.1) is 13.2 Å². The molecule has 0 N–H and O–H groups in total. The first-order chi connectivity index (χ1) is 6.77. The minimum absolute atomic E-state index is 0.305. The van der Waals surface area contributed by atoms with Crippen LogP contribution in [0.25, 0.3) is 0 Å². The van der Waals surface area contributed by atoms with Gasteiger partial charge in [0.2, 0.25) is 0 Å². The number of allylic oxidation sites excluding steroid dienone is 2. The molecule has 0 spiro atoms. The molecule has 0 aliphatic heterocycles. The molecule has 3 aliphatic carbocycles. The van der Waals surface area contributed by atoms with Gasteiger partial charge in [-0.25, -0.2) is 0 Å². The molecule has 0 aromatic heterocycles. The first kappa shape index (κ1) is 8.46. The quantitative estimate of drug-likeness (QED) is 0.608. The van der Waals surface area contributed by atoms with Crippen molar-refractivity contribution in [2.45, 2.75) is 12.8 Å². The van der Waals surface area contributed by atoms with Gasteiger partial charge in [0.1, 0.15) is 5.78 Å². The Labute approximate surface area is 84.9 Å². The summed E-state index contributed by atoms with van der Waals surface area (Å²) in [4.78, 5) is 12.0. The van der Waals surface area contributed by atoms with Gasteiger partial charge in [0, 0.05) is 11.8 Å². The van der Waals surface area contributed by atoms with E-state index >= 15 is 0 Å². The van der Waals surface area contributed by atoms with Gasteiger partial charge in [0.15, 0.2) is 0 Å². The third-order valence-electron chi connectivity index (χ3n) is 4.55. The van der Waals surface area contributed by atoms with Crippen LogP contribution >= 0.6 is 0 Å². The van der Waals surface area contributed by atoms with Crippen LogP contribution in [0.5, 0.6) is 0 Å². The molecule has 6 atom stereocenters. The highest BCUT2D eigenvalue weighted by molar-refractivity contribution is 5.90. The van der Waals surface area contributed by atoms with Crippen molar-refractivity contribution in [3.8, 4) is 0 Å². The lowest BCUT2D eigenvalue weighted by Gasteiger charge is -2.17. The van der Waals surface area contributed by atoms with Crippen molar-refractivity contribution < 1.29 is 4.79 Å². The zero-order chi connectivity index (χ0) is 9.87. The monoisotopic (exact) mass is 188 g/mol. The molecule has 0 heterocycles. The van der Waals surface area contributed by atoms with E-state index in [9.17, 15) is 4.79 Å². The minimum atomic E-state index is 0.305. The number of hydrogen-bond donors (Lipinski definition) is 0. The summed E-state index contributed by atoms with van der Waals surface area (Å²) in [5.74, 6) is 3.60. The summed E-state index contributed by atoms with van der Waals surface area (Å²) in [6, 6.07) is 0. The van der Waals surface area contributed by atoms with Crippen molar-refractivity contribution in [3.05, 3.63) is 25.3 Å². The Hall–Kier alpha value is -0.850. The fourth-order valence-corrected chi connectivity index (χ4v) is 3.86. The Bertz CT molecular complexity index is 317. The summed E-state index contributed by atoms with van der Waals surface area (Å²) < 4.78 is 0. The molecule has 0 unspecified atom stereocenters. The molecule has 0 amide bonds. The molecule has 1 heteroatoms. The molecule has 74 valence electrons. The molecule has 3 saturated carbocycles. The first-order valence-corrected chi connectivity index (χ1v) is 5.56. The van der Waals surface area contributed by atoms with Crippen LogP contribution in [-0.2, 0) is 4.79 Å². The number of fused-ring (bicyclic) bond motifs is 3. The minimum Gasteiger partial charge on any atom is -0.299 e. The largest absolute Gasteiger partial charge is 0.299 e. The van der Waals surface area contributed by atoms with Gasteiger partial charge < -0.3 is 0 Å². The summed E-state index contributed by atoms with van der Waals surface area (Å²) in [6.45, 7) is 7.76. The number of Topliss-reactive ketones (excluding diaryl/α,β-unsaturated/α-hetero) is 1. The van der Waals surface area contributed by atoms with Crippen molar-refractivity contribution >= 4 is 5.78 Å². The Morgan fingerprint density at radius 2 is 1.86 bits per heavy atom. The van der Waals surface area contributed by atoms with Crippen molar-refractivity contribution in [1.29, 1.82) is 0 Å². The summed E-state index contributed by atoms with van der Waals surface area (Å²) in [5, 5.41) is 0. The highest BCUT2D eigenvalue weighted by Gasteiger charge is 2.64. The average Bonchev–Trinajstić information content (AvgIpc) is 2.82. The van der Waals surface area contributed by atoms with Crippen LogP contribution in [0.2, 0.25) is 0 Å². The van der Waals surface area contributed by atoms with Crippen LogP contribution in [0, 0.1) is 35.5 Å². The van der Waals surface area contributed by atoms with E-state index in [4.69, 9.17) is 0 Å². The summed E-state index contributed by atoms with van der Waals surface area (Å²) in [5.41, 5.74) is 0. The van der Waals surface area contributed by atoms with Crippen LogP contribution in [0.3, 0.4) is 0 Å². The number of hydrogen-bond acceptors (Lipinski definition) is 1. The van der Waals surface area contributed by atoms with Gasteiger partial charge in [-0.05, 0) is 36.5 Å². The second-order valence-electron chi connectivity index (χ2n) is 5.05. The van der Waals surface area contributed by atoms with Crippen molar-refractivity contribution in [3.63, 3.8) is 0 Å².